The molecule has 0 amide bonds. The summed E-state index contributed by atoms with van der Waals surface area (Å²) in [5, 5.41) is 0. The summed E-state index contributed by atoms with van der Waals surface area (Å²) < 4.78 is 5.25. The lowest BCUT2D eigenvalue weighted by Gasteiger charge is -2.25. The van der Waals surface area contributed by atoms with E-state index in [4.69, 9.17) is 4.74 Å². The van der Waals surface area contributed by atoms with Crippen LogP contribution in [0.1, 0.15) is 78.6 Å². The second-order valence-electron chi connectivity index (χ2n) is 6.24. The third-order valence-electron chi connectivity index (χ3n) is 4.39. The number of hydrogen-bond acceptors (Lipinski definition) is 2. The van der Waals surface area contributed by atoms with Crippen molar-refractivity contribution < 1.29 is 9.53 Å². The van der Waals surface area contributed by atoms with Crippen LogP contribution in [0, 0.1) is 11.8 Å². The predicted octanol–water partition coefficient (Wildman–Crippen LogP) is 5.27. The number of hydrogen-bond donors (Lipinski definition) is 0. The van der Waals surface area contributed by atoms with E-state index in [1.807, 2.05) is 0 Å². The van der Waals surface area contributed by atoms with Crippen molar-refractivity contribution in [1.82, 2.24) is 0 Å². The van der Waals surface area contributed by atoms with Crippen LogP contribution in [-0.2, 0) is 9.53 Å². The molecule has 0 aromatic heterocycles. The maximum atomic E-state index is 11.7. The molecule has 0 heterocycles. The van der Waals surface area contributed by atoms with Crippen LogP contribution in [0.4, 0.5) is 0 Å². The van der Waals surface area contributed by atoms with E-state index < -0.39 is 0 Å². The minimum absolute atomic E-state index is 0.0278. The van der Waals surface area contributed by atoms with Gasteiger partial charge in [-0.25, -0.2) is 0 Å². The first kappa shape index (κ1) is 17.3. The third kappa shape index (κ3) is 6.58. The SMILES string of the molecule is CCCCOC(=O)CC(C)C1=CC[C@@H](CCCC)CC1. The molecule has 0 fully saturated rings. The highest BCUT2D eigenvalue weighted by atomic mass is 16.5. The summed E-state index contributed by atoms with van der Waals surface area (Å²) in [7, 11) is 0. The van der Waals surface area contributed by atoms with Crippen molar-refractivity contribution in [2.75, 3.05) is 6.61 Å². The van der Waals surface area contributed by atoms with E-state index in [0.29, 0.717) is 18.9 Å². The normalized spacial score (nSPS) is 20.4. The van der Waals surface area contributed by atoms with Crippen molar-refractivity contribution in [3.05, 3.63) is 11.6 Å². The van der Waals surface area contributed by atoms with Gasteiger partial charge in [0.05, 0.1) is 13.0 Å². The number of rotatable bonds is 9. The van der Waals surface area contributed by atoms with Gasteiger partial charge < -0.3 is 4.74 Å². The molecule has 0 aromatic rings. The van der Waals surface area contributed by atoms with Crippen LogP contribution < -0.4 is 0 Å². The molecule has 0 saturated heterocycles. The zero-order chi connectivity index (χ0) is 14.8. The summed E-state index contributed by atoms with van der Waals surface area (Å²) in [5.74, 6) is 1.21. The predicted molar refractivity (Wildman–Crippen MR) is 84.6 cm³/mol. The second-order valence-corrected chi connectivity index (χ2v) is 6.24. The molecule has 0 spiro atoms. The molecule has 0 aromatic carbocycles. The molecule has 1 rings (SSSR count). The number of allylic oxidation sites excluding steroid dienone is 2. The van der Waals surface area contributed by atoms with Crippen molar-refractivity contribution >= 4 is 5.97 Å². The average Bonchev–Trinajstić information content (AvgIpc) is 2.46. The van der Waals surface area contributed by atoms with E-state index >= 15 is 0 Å². The highest BCUT2D eigenvalue weighted by Crippen LogP contribution is 2.32. The molecule has 0 saturated carbocycles. The van der Waals surface area contributed by atoms with Gasteiger partial charge in [-0.1, -0.05) is 58.1 Å². The van der Waals surface area contributed by atoms with Crippen molar-refractivity contribution in [3.63, 3.8) is 0 Å². The molecule has 2 atom stereocenters. The van der Waals surface area contributed by atoms with E-state index in [2.05, 4.69) is 26.8 Å². The molecule has 0 bridgehead atoms. The topological polar surface area (TPSA) is 26.3 Å². The highest BCUT2D eigenvalue weighted by Gasteiger charge is 2.20. The number of carbonyl (C=O) groups is 1. The van der Waals surface area contributed by atoms with Crippen LogP contribution in [0.25, 0.3) is 0 Å². The first-order valence-corrected chi connectivity index (χ1v) is 8.51. The van der Waals surface area contributed by atoms with Gasteiger partial charge in [-0.3, -0.25) is 4.79 Å². The van der Waals surface area contributed by atoms with Gasteiger partial charge in [0.1, 0.15) is 0 Å². The van der Waals surface area contributed by atoms with Gasteiger partial charge >= 0.3 is 5.97 Å². The molecular weight excluding hydrogens is 248 g/mol. The van der Waals surface area contributed by atoms with Crippen molar-refractivity contribution in [2.45, 2.75) is 78.6 Å². The number of esters is 1. The van der Waals surface area contributed by atoms with Gasteiger partial charge in [-0.05, 0) is 37.5 Å². The second kappa shape index (κ2) is 10.0. The van der Waals surface area contributed by atoms with Gasteiger partial charge in [-0.15, -0.1) is 0 Å². The zero-order valence-electron chi connectivity index (χ0n) is 13.6. The molecule has 0 N–H and O–H groups in total. The third-order valence-corrected chi connectivity index (χ3v) is 4.39. The Kier molecular flexibility index (Phi) is 8.64. The lowest BCUT2D eigenvalue weighted by Crippen LogP contribution is -2.15. The quantitative estimate of drug-likeness (QED) is 0.326. The van der Waals surface area contributed by atoms with Crippen molar-refractivity contribution in [2.24, 2.45) is 11.8 Å². The summed E-state index contributed by atoms with van der Waals surface area (Å²) in [6, 6.07) is 0. The first-order chi connectivity index (χ1) is 9.67. The van der Waals surface area contributed by atoms with Crippen molar-refractivity contribution in [1.29, 1.82) is 0 Å². The van der Waals surface area contributed by atoms with Gasteiger partial charge in [-0.2, -0.15) is 0 Å². The summed E-state index contributed by atoms with van der Waals surface area (Å²) in [6.07, 6.45) is 12.7. The smallest absolute Gasteiger partial charge is 0.306 e. The summed E-state index contributed by atoms with van der Waals surface area (Å²) in [6.45, 7) is 7.12. The van der Waals surface area contributed by atoms with E-state index in [9.17, 15) is 4.79 Å². The Balaban J connectivity index is 2.28. The Labute approximate surface area is 125 Å². The fourth-order valence-electron chi connectivity index (χ4n) is 2.88. The van der Waals surface area contributed by atoms with Crippen LogP contribution in [0.2, 0.25) is 0 Å². The molecule has 1 aliphatic rings. The fourth-order valence-corrected chi connectivity index (χ4v) is 2.88. The van der Waals surface area contributed by atoms with Gasteiger partial charge in [0.15, 0.2) is 0 Å². The maximum Gasteiger partial charge on any atom is 0.306 e. The minimum atomic E-state index is -0.0278. The number of ether oxygens (including phenoxy) is 1. The maximum absolute atomic E-state index is 11.7. The summed E-state index contributed by atoms with van der Waals surface area (Å²) in [4.78, 5) is 11.7. The Morgan fingerprint density at radius 3 is 2.70 bits per heavy atom. The fraction of sp³-hybridized carbons (Fsp3) is 0.833. The molecular formula is C18H32O2. The Hall–Kier alpha value is -0.790. The Morgan fingerprint density at radius 2 is 2.10 bits per heavy atom. The highest BCUT2D eigenvalue weighted by molar-refractivity contribution is 5.70. The van der Waals surface area contributed by atoms with Crippen LogP contribution in [-0.4, -0.2) is 12.6 Å². The number of unbranched alkanes of at least 4 members (excludes halogenated alkanes) is 2. The molecule has 116 valence electrons. The van der Waals surface area contributed by atoms with Crippen LogP contribution >= 0.6 is 0 Å². The molecule has 20 heavy (non-hydrogen) atoms. The van der Waals surface area contributed by atoms with E-state index in [1.54, 1.807) is 0 Å². The van der Waals surface area contributed by atoms with Crippen molar-refractivity contribution in [3.8, 4) is 0 Å². The Bertz CT molecular complexity index is 307. The summed E-state index contributed by atoms with van der Waals surface area (Å²) >= 11 is 0. The van der Waals surface area contributed by atoms with Gasteiger partial charge in [0.2, 0.25) is 0 Å². The minimum Gasteiger partial charge on any atom is -0.466 e. The molecule has 0 aliphatic heterocycles. The number of carbonyl (C=O) groups excluding carboxylic acids is 1. The lowest BCUT2D eigenvalue weighted by molar-refractivity contribution is -0.144. The zero-order valence-corrected chi connectivity index (χ0v) is 13.6. The monoisotopic (exact) mass is 280 g/mol. The molecule has 0 radical (unpaired) electrons. The molecule has 2 heteroatoms. The molecule has 2 nitrogen and oxygen atoms in total. The molecule has 1 aliphatic carbocycles. The Morgan fingerprint density at radius 1 is 1.35 bits per heavy atom. The van der Waals surface area contributed by atoms with Gasteiger partial charge in [0, 0.05) is 0 Å². The van der Waals surface area contributed by atoms with Crippen LogP contribution in [0.15, 0.2) is 11.6 Å². The molecule has 1 unspecified atom stereocenters. The van der Waals surface area contributed by atoms with Gasteiger partial charge in [0.25, 0.3) is 0 Å². The van der Waals surface area contributed by atoms with E-state index in [-0.39, 0.29) is 5.97 Å². The average molecular weight is 280 g/mol. The van der Waals surface area contributed by atoms with Crippen LogP contribution in [0.3, 0.4) is 0 Å². The van der Waals surface area contributed by atoms with Crippen LogP contribution in [0.5, 0.6) is 0 Å². The largest absolute Gasteiger partial charge is 0.466 e. The summed E-state index contributed by atoms with van der Waals surface area (Å²) in [5.41, 5.74) is 1.48. The standard InChI is InChI=1S/C18H32O2/c1-4-6-8-16-9-11-17(12-10-16)15(3)14-18(19)20-13-7-5-2/h11,15-16H,4-10,12-14H2,1-3H3/t15?,16-/m1/s1. The van der Waals surface area contributed by atoms with E-state index in [0.717, 1.165) is 18.8 Å². The lowest BCUT2D eigenvalue weighted by atomic mass is 9.81. The first-order valence-electron chi connectivity index (χ1n) is 8.51. The van der Waals surface area contributed by atoms with E-state index in [1.165, 1.54) is 44.1 Å².